The summed E-state index contributed by atoms with van der Waals surface area (Å²) in [5.74, 6) is 0.761. The van der Waals surface area contributed by atoms with E-state index in [0.29, 0.717) is 10.1 Å². The molecular formula is C30H29Cl2N5S. The molecule has 0 radical (unpaired) electrons. The van der Waals surface area contributed by atoms with Crippen LogP contribution in [-0.4, -0.2) is 27.8 Å². The maximum Gasteiger partial charge on any atom is 0.174 e. The molecule has 0 saturated carbocycles. The SMILES string of the molecule is CC1CCN(c2ccc(N3C(=S)N[C@@H](c4ccccn4)[C@H]3c3cccn3-c3cccc(Cl)c3)cc2Cl)CC1. The minimum Gasteiger partial charge on any atom is -0.370 e. The van der Waals surface area contributed by atoms with Crippen molar-refractivity contribution < 1.29 is 0 Å². The van der Waals surface area contributed by atoms with Crippen LogP contribution in [0.3, 0.4) is 0 Å². The predicted octanol–water partition coefficient (Wildman–Crippen LogP) is 7.59. The van der Waals surface area contributed by atoms with Crippen LogP contribution in [0.5, 0.6) is 0 Å². The van der Waals surface area contributed by atoms with E-state index in [1.54, 1.807) is 0 Å². The number of nitrogens with one attached hydrogen (secondary N) is 1. The highest BCUT2D eigenvalue weighted by Crippen LogP contribution is 2.44. The van der Waals surface area contributed by atoms with E-state index in [1.807, 2.05) is 48.7 Å². The Hall–Kier alpha value is -3.06. The van der Waals surface area contributed by atoms with Gasteiger partial charge in [0, 0.05) is 47.6 Å². The zero-order valence-electron chi connectivity index (χ0n) is 21.1. The first-order valence-electron chi connectivity index (χ1n) is 13.0. The van der Waals surface area contributed by atoms with Crippen LogP contribution in [0, 0.1) is 5.92 Å². The summed E-state index contributed by atoms with van der Waals surface area (Å²) in [6, 6.07) is 24.0. The normalized spacial score (nSPS) is 20.1. The van der Waals surface area contributed by atoms with E-state index in [0.717, 1.165) is 52.5 Å². The summed E-state index contributed by atoms with van der Waals surface area (Å²) in [4.78, 5) is 9.25. The number of pyridine rings is 1. The van der Waals surface area contributed by atoms with Crippen molar-refractivity contribution in [2.24, 2.45) is 5.92 Å². The van der Waals surface area contributed by atoms with Crippen molar-refractivity contribution in [2.75, 3.05) is 22.9 Å². The Morgan fingerprint density at radius 1 is 0.921 bits per heavy atom. The van der Waals surface area contributed by atoms with E-state index in [4.69, 9.17) is 35.4 Å². The monoisotopic (exact) mass is 561 g/mol. The molecular weight excluding hydrogens is 533 g/mol. The average Bonchev–Trinajstić information content (AvgIpc) is 3.54. The van der Waals surface area contributed by atoms with Gasteiger partial charge in [0.25, 0.3) is 0 Å². The number of hydrogen-bond acceptors (Lipinski definition) is 3. The summed E-state index contributed by atoms with van der Waals surface area (Å²) in [6.07, 6.45) is 6.25. The van der Waals surface area contributed by atoms with Crippen molar-refractivity contribution in [3.05, 3.63) is 107 Å². The maximum absolute atomic E-state index is 6.93. The third-order valence-corrected chi connectivity index (χ3v) is 8.45. The molecule has 0 spiro atoms. The Bertz CT molecular complexity index is 1450. The van der Waals surface area contributed by atoms with Gasteiger partial charge < -0.3 is 19.7 Å². The van der Waals surface area contributed by atoms with Gasteiger partial charge in [0.1, 0.15) is 6.04 Å². The van der Waals surface area contributed by atoms with Gasteiger partial charge in [-0.15, -0.1) is 0 Å². The second kappa shape index (κ2) is 10.6. The van der Waals surface area contributed by atoms with Gasteiger partial charge in [0.05, 0.1) is 22.4 Å². The third kappa shape index (κ3) is 4.77. The number of benzene rings is 2. The van der Waals surface area contributed by atoms with Crippen LogP contribution in [0.4, 0.5) is 11.4 Å². The summed E-state index contributed by atoms with van der Waals surface area (Å²) >= 11 is 19.2. The molecule has 0 amide bonds. The first-order valence-corrected chi connectivity index (χ1v) is 14.1. The molecule has 2 aliphatic rings. The lowest BCUT2D eigenvalue weighted by Gasteiger charge is -2.33. The van der Waals surface area contributed by atoms with Gasteiger partial charge in [-0.25, -0.2) is 0 Å². The number of halogens is 2. The van der Waals surface area contributed by atoms with E-state index in [-0.39, 0.29) is 12.1 Å². The molecule has 194 valence electrons. The van der Waals surface area contributed by atoms with Gasteiger partial charge in [0.15, 0.2) is 5.11 Å². The van der Waals surface area contributed by atoms with E-state index < -0.39 is 0 Å². The minimum absolute atomic E-state index is 0.154. The first kappa shape index (κ1) is 25.2. The van der Waals surface area contributed by atoms with Crippen LogP contribution in [0.1, 0.15) is 43.2 Å². The lowest BCUT2D eigenvalue weighted by atomic mass is 9.98. The first-order chi connectivity index (χ1) is 18.5. The molecule has 4 heterocycles. The van der Waals surface area contributed by atoms with Crippen molar-refractivity contribution in [2.45, 2.75) is 31.8 Å². The standard InChI is InChI=1S/C30H29Cl2N5S/c1-20-12-16-35(17-13-20)26-11-10-23(19-24(26)32)37-29(28(34-30(37)38)25-8-2-3-14-33-25)27-9-5-15-36(27)22-7-4-6-21(31)18-22/h2-11,14-15,18-20,28-29H,12-13,16-17H2,1H3,(H,34,38)/t28-,29+/m0/s1. The fourth-order valence-corrected chi connectivity index (χ4v) is 6.41. The molecule has 0 aliphatic carbocycles. The molecule has 1 N–H and O–H groups in total. The van der Waals surface area contributed by atoms with E-state index in [9.17, 15) is 0 Å². The summed E-state index contributed by atoms with van der Waals surface area (Å²) in [7, 11) is 0. The molecule has 2 aromatic heterocycles. The van der Waals surface area contributed by atoms with Gasteiger partial charge >= 0.3 is 0 Å². The predicted molar refractivity (Wildman–Crippen MR) is 161 cm³/mol. The van der Waals surface area contributed by atoms with E-state index >= 15 is 0 Å². The number of anilines is 2. The van der Waals surface area contributed by atoms with Crippen molar-refractivity contribution in [3.63, 3.8) is 0 Å². The van der Waals surface area contributed by atoms with E-state index in [1.165, 1.54) is 12.8 Å². The lowest BCUT2D eigenvalue weighted by Crippen LogP contribution is -2.33. The van der Waals surface area contributed by atoms with Crippen molar-refractivity contribution in [3.8, 4) is 5.69 Å². The smallest absolute Gasteiger partial charge is 0.174 e. The van der Waals surface area contributed by atoms with Crippen LogP contribution in [0.25, 0.3) is 5.69 Å². The molecule has 8 heteroatoms. The minimum atomic E-state index is -0.163. The fourth-order valence-electron chi connectivity index (χ4n) is 5.58. The number of hydrogen-bond donors (Lipinski definition) is 1. The Morgan fingerprint density at radius 2 is 1.76 bits per heavy atom. The summed E-state index contributed by atoms with van der Waals surface area (Å²) in [5.41, 5.74) is 5.01. The second-order valence-corrected chi connectivity index (χ2v) is 11.3. The zero-order valence-corrected chi connectivity index (χ0v) is 23.4. The molecule has 2 aromatic carbocycles. The third-order valence-electron chi connectivity index (χ3n) is 7.60. The van der Waals surface area contributed by atoms with Crippen molar-refractivity contribution in [1.82, 2.24) is 14.9 Å². The molecule has 38 heavy (non-hydrogen) atoms. The summed E-state index contributed by atoms with van der Waals surface area (Å²) < 4.78 is 2.17. The molecule has 2 fully saturated rings. The largest absolute Gasteiger partial charge is 0.370 e. The van der Waals surface area contributed by atoms with Gasteiger partial charge in [-0.05, 0) is 91.6 Å². The summed E-state index contributed by atoms with van der Waals surface area (Å²) in [6.45, 7) is 4.38. The molecule has 2 atom stereocenters. The highest BCUT2D eigenvalue weighted by atomic mass is 35.5. The van der Waals surface area contributed by atoms with Crippen molar-refractivity contribution >= 4 is 51.9 Å². The number of nitrogens with zero attached hydrogens (tertiary/aromatic N) is 4. The number of aromatic nitrogens is 2. The maximum atomic E-state index is 6.93. The highest BCUT2D eigenvalue weighted by molar-refractivity contribution is 7.80. The fraction of sp³-hybridized carbons (Fsp3) is 0.267. The Labute approximate surface area is 239 Å². The van der Waals surface area contributed by atoms with Crippen molar-refractivity contribution in [1.29, 1.82) is 0 Å². The molecule has 6 rings (SSSR count). The van der Waals surface area contributed by atoms with Crippen LogP contribution >= 0.6 is 35.4 Å². The number of piperidine rings is 1. The zero-order chi connectivity index (χ0) is 26.2. The Kier molecular flexibility index (Phi) is 7.04. The van der Waals surface area contributed by atoms with Gasteiger partial charge in [0.2, 0.25) is 0 Å². The van der Waals surface area contributed by atoms with Crippen LogP contribution in [-0.2, 0) is 0 Å². The van der Waals surface area contributed by atoms with Gasteiger partial charge in [-0.1, -0.05) is 42.3 Å². The second-order valence-electron chi connectivity index (χ2n) is 10.1. The Balaban J connectivity index is 1.42. The molecule has 4 aromatic rings. The molecule has 2 aliphatic heterocycles. The average molecular weight is 563 g/mol. The molecule has 5 nitrogen and oxygen atoms in total. The highest BCUT2D eigenvalue weighted by Gasteiger charge is 2.42. The quantitative estimate of drug-likeness (QED) is 0.254. The summed E-state index contributed by atoms with van der Waals surface area (Å²) in [5, 5.41) is 5.62. The van der Waals surface area contributed by atoms with Gasteiger partial charge in [-0.3, -0.25) is 4.98 Å². The lowest BCUT2D eigenvalue weighted by molar-refractivity contribution is 0.438. The molecule has 2 saturated heterocycles. The molecule has 0 unspecified atom stereocenters. The topological polar surface area (TPSA) is 36.3 Å². The number of rotatable bonds is 5. The van der Waals surface area contributed by atoms with Gasteiger partial charge in [-0.2, -0.15) is 0 Å². The van der Waals surface area contributed by atoms with Crippen LogP contribution in [0.15, 0.2) is 85.2 Å². The Morgan fingerprint density at radius 3 is 2.50 bits per heavy atom. The van der Waals surface area contributed by atoms with Crippen LogP contribution < -0.4 is 15.1 Å². The van der Waals surface area contributed by atoms with Crippen LogP contribution in [0.2, 0.25) is 10.0 Å². The van der Waals surface area contributed by atoms with E-state index in [2.05, 4.69) is 68.1 Å². The molecule has 0 bridgehead atoms. The number of thiocarbonyl (C=S) groups is 1.